The smallest absolute Gasteiger partial charge is 0.191 e. The highest BCUT2D eigenvalue weighted by Gasteiger charge is 2.14. The van der Waals surface area contributed by atoms with E-state index in [-0.39, 0.29) is 35.9 Å². The van der Waals surface area contributed by atoms with E-state index < -0.39 is 0 Å². The van der Waals surface area contributed by atoms with Crippen LogP contribution in [0.2, 0.25) is 0 Å². The van der Waals surface area contributed by atoms with Crippen LogP contribution in [0.25, 0.3) is 0 Å². The van der Waals surface area contributed by atoms with E-state index in [1.807, 2.05) is 12.1 Å². The third kappa shape index (κ3) is 8.53. The number of guanidine groups is 1. The van der Waals surface area contributed by atoms with Crippen molar-refractivity contribution in [3.63, 3.8) is 0 Å². The van der Waals surface area contributed by atoms with Gasteiger partial charge in [0, 0.05) is 24.6 Å². The SMILES string of the molecule is CCNC(=NCC1CCCO1)NCCCSc1ccc(F)cc1.I. The van der Waals surface area contributed by atoms with E-state index in [9.17, 15) is 4.39 Å². The highest BCUT2D eigenvalue weighted by Crippen LogP contribution is 2.18. The topological polar surface area (TPSA) is 45.7 Å². The molecule has 0 amide bonds. The molecule has 1 fully saturated rings. The minimum Gasteiger partial charge on any atom is -0.376 e. The van der Waals surface area contributed by atoms with Crippen LogP contribution in [0.1, 0.15) is 26.2 Å². The number of ether oxygens (including phenoxy) is 1. The molecule has 2 N–H and O–H groups in total. The molecule has 1 atom stereocenters. The maximum absolute atomic E-state index is 12.8. The number of hydrogen-bond acceptors (Lipinski definition) is 3. The lowest BCUT2D eigenvalue weighted by Crippen LogP contribution is -2.38. The van der Waals surface area contributed by atoms with E-state index in [1.165, 1.54) is 12.1 Å². The van der Waals surface area contributed by atoms with Crippen LogP contribution in [-0.2, 0) is 4.74 Å². The van der Waals surface area contributed by atoms with Gasteiger partial charge in [0.2, 0.25) is 0 Å². The normalized spacial score (nSPS) is 17.4. The molecule has 1 aromatic rings. The summed E-state index contributed by atoms with van der Waals surface area (Å²) in [7, 11) is 0. The largest absolute Gasteiger partial charge is 0.376 e. The van der Waals surface area contributed by atoms with Crippen LogP contribution in [0.4, 0.5) is 4.39 Å². The number of halogens is 2. The van der Waals surface area contributed by atoms with E-state index in [0.29, 0.717) is 0 Å². The second-order valence-corrected chi connectivity index (χ2v) is 6.61. The van der Waals surface area contributed by atoms with Crippen LogP contribution in [0, 0.1) is 5.82 Å². The number of nitrogens with one attached hydrogen (secondary N) is 2. The van der Waals surface area contributed by atoms with Crippen molar-refractivity contribution in [2.75, 3.05) is 32.0 Å². The highest BCUT2D eigenvalue weighted by molar-refractivity contribution is 14.0. The Kier molecular flexibility index (Phi) is 11.4. The summed E-state index contributed by atoms with van der Waals surface area (Å²) in [6.45, 7) is 5.37. The lowest BCUT2D eigenvalue weighted by atomic mass is 10.2. The number of thioether (sulfide) groups is 1. The molecular weight excluding hydrogens is 440 g/mol. The van der Waals surface area contributed by atoms with Gasteiger partial charge in [0.1, 0.15) is 5.82 Å². The summed E-state index contributed by atoms with van der Waals surface area (Å²) in [6, 6.07) is 6.64. The zero-order valence-corrected chi connectivity index (χ0v) is 17.2. The summed E-state index contributed by atoms with van der Waals surface area (Å²) in [5.74, 6) is 1.66. The Labute approximate surface area is 165 Å². The molecule has 2 rings (SSSR count). The quantitative estimate of drug-likeness (QED) is 0.202. The maximum Gasteiger partial charge on any atom is 0.191 e. The van der Waals surface area contributed by atoms with Gasteiger partial charge < -0.3 is 15.4 Å². The number of hydrogen-bond donors (Lipinski definition) is 2. The summed E-state index contributed by atoms with van der Waals surface area (Å²) < 4.78 is 18.4. The van der Waals surface area contributed by atoms with Gasteiger partial charge in [-0.15, -0.1) is 35.7 Å². The fourth-order valence-electron chi connectivity index (χ4n) is 2.32. The predicted molar refractivity (Wildman–Crippen MR) is 110 cm³/mol. The molecule has 0 aliphatic carbocycles. The van der Waals surface area contributed by atoms with Gasteiger partial charge >= 0.3 is 0 Å². The van der Waals surface area contributed by atoms with Crippen LogP contribution >= 0.6 is 35.7 Å². The Balaban J connectivity index is 0.00000288. The van der Waals surface area contributed by atoms with Gasteiger partial charge in [-0.3, -0.25) is 4.99 Å². The van der Waals surface area contributed by atoms with E-state index in [1.54, 1.807) is 11.8 Å². The Morgan fingerprint density at radius 2 is 2.12 bits per heavy atom. The number of rotatable bonds is 8. The molecule has 1 saturated heterocycles. The summed E-state index contributed by atoms with van der Waals surface area (Å²) in [4.78, 5) is 5.68. The molecule has 0 saturated carbocycles. The Bertz CT molecular complexity index is 481. The molecule has 4 nitrogen and oxygen atoms in total. The summed E-state index contributed by atoms with van der Waals surface area (Å²) >= 11 is 1.74. The van der Waals surface area contributed by atoms with Gasteiger partial charge in [0.25, 0.3) is 0 Å². The molecule has 1 heterocycles. The molecular formula is C17H27FIN3OS. The van der Waals surface area contributed by atoms with E-state index >= 15 is 0 Å². The first-order chi connectivity index (χ1) is 11.3. The number of nitrogens with zero attached hydrogens (tertiary/aromatic N) is 1. The van der Waals surface area contributed by atoms with E-state index in [2.05, 4.69) is 22.5 Å². The minimum atomic E-state index is -0.186. The van der Waals surface area contributed by atoms with Gasteiger partial charge in [-0.2, -0.15) is 0 Å². The summed E-state index contributed by atoms with van der Waals surface area (Å²) in [5, 5.41) is 6.61. The van der Waals surface area contributed by atoms with Gasteiger partial charge in [-0.05, 0) is 56.2 Å². The number of benzene rings is 1. The summed E-state index contributed by atoms with van der Waals surface area (Å²) in [5.41, 5.74) is 0. The maximum atomic E-state index is 12.8. The van der Waals surface area contributed by atoms with Gasteiger partial charge in [0.05, 0.1) is 12.6 Å². The van der Waals surface area contributed by atoms with Crippen LogP contribution in [-0.4, -0.2) is 44.1 Å². The van der Waals surface area contributed by atoms with Crippen molar-refractivity contribution in [2.24, 2.45) is 4.99 Å². The Morgan fingerprint density at radius 1 is 1.33 bits per heavy atom. The molecule has 136 valence electrons. The van der Waals surface area contributed by atoms with Crippen molar-refractivity contribution in [2.45, 2.75) is 37.2 Å². The molecule has 1 aliphatic rings. The van der Waals surface area contributed by atoms with Crippen LogP contribution in [0.5, 0.6) is 0 Å². The highest BCUT2D eigenvalue weighted by atomic mass is 127. The molecule has 1 aromatic carbocycles. The molecule has 1 aliphatic heterocycles. The molecule has 0 spiro atoms. The van der Waals surface area contributed by atoms with Crippen molar-refractivity contribution >= 4 is 41.7 Å². The zero-order valence-electron chi connectivity index (χ0n) is 14.1. The molecule has 0 aromatic heterocycles. The molecule has 0 bridgehead atoms. The van der Waals surface area contributed by atoms with Crippen molar-refractivity contribution in [1.82, 2.24) is 10.6 Å². The fraction of sp³-hybridized carbons (Fsp3) is 0.588. The van der Waals surface area contributed by atoms with Crippen molar-refractivity contribution in [1.29, 1.82) is 0 Å². The first-order valence-electron chi connectivity index (χ1n) is 8.30. The second-order valence-electron chi connectivity index (χ2n) is 5.44. The third-order valence-electron chi connectivity index (χ3n) is 3.52. The fourth-order valence-corrected chi connectivity index (χ4v) is 3.18. The third-order valence-corrected chi connectivity index (χ3v) is 4.62. The molecule has 1 unspecified atom stereocenters. The minimum absolute atomic E-state index is 0. The van der Waals surface area contributed by atoms with E-state index in [4.69, 9.17) is 4.74 Å². The van der Waals surface area contributed by atoms with Crippen LogP contribution in [0.3, 0.4) is 0 Å². The first-order valence-corrected chi connectivity index (χ1v) is 9.28. The van der Waals surface area contributed by atoms with Crippen LogP contribution in [0.15, 0.2) is 34.2 Å². The van der Waals surface area contributed by atoms with Gasteiger partial charge in [0.15, 0.2) is 5.96 Å². The number of aliphatic imine (C=N–C) groups is 1. The second kappa shape index (κ2) is 12.8. The lowest BCUT2D eigenvalue weighted by molar-refractivity contribution is 0.117. The van der Waals surface area contributed by atoms with Crippen molar-refractivity contribution in [3.8, 4) is 0 Å². The zero-order chi connectivity index (χ0) is 16.3. The molecule has 0 radical (unpaired) electrons. The lowest BCUT2D eigenvalue weighted by Gasteiger charge is -2.12. The summed E-state index contributed by atoms with van der Waals surface area (Å²) in [6.07, 6.45) is 3.55. The predicted octanol–water partition coefficient (Wildman–Crippen LogP) is 3.66. The van der Waals surface area contributed by atoms with Crippen molar-refractivity contribution < 1.29 is 9.13 Å². The molecule has 24 heavy (non-hydrogen) atoms. The monoisotopic (exact) mass is 467 g/mol. The van der Waals surface area contributed by atoms with Crippen molar-refractivity contribution in [3.05, 3.63) is 30.1 Å². The Morgan fingerprint density at radius 3 is 2.79 bits per heavy atom. The first kappa shape index (κ1) is 21.5. The Hall–Kier alpha value is -0.540. The van der Waals surface area contributed by atoms with E-state index in [0.717, 1.165) is 62.1 Å². The average Bonchev–Trinajstić information content (AvgIpc) is 3.07. The average molecular weight is 467 g/mol. The van der Waals surface area contributed by atoms with Gasteiger partial charge in [-0.25, -0.2) is 4.39 Å². The standard InChI is InChI=1S/C17H26FN3OS.HI/c1-2-19-17(21-13-15-5-3-11-22-15)20-10-4-12-23-16-8-6-14(18)7-9-16;/h6-9,15H,2-5,10-13H2,1H3,(H2,19,20,21);1H. The molecule has 7 heteroatoms. The van der Waals surface area contributed by atoms with Crippen LogP contribution < -0.4 is 10.6 Å². The van der Waals surface area contributed by atoms with Gasteiger partial charge in [-0.1, -0.05) is 0 Å².